The van der Waals surface area contributed by atoms with Gasteiger partial charge in [0.2, 0.25) is 5.91 Å². The molecule has 0 aliphatic carbocycles. The lowest BCUT2D eigenvalue weighted by molar-refractivity contribution is -0.119. The van der Waals surface area contributed by atoms with Crippen LogP contribution >= 0.6 is 0 Å². The Morgan fingerprint density at radius 3 is 2.65 bits per heavy atom. The zero-order chi connectivity index (χ0) is 12.8. The molecule has 0 unspecified atom stereocenters. The van der Waals surface area contributed by atoms with Crippen molar-refractivity contribution in [2.24, 2.45) is 0 Å². The topological polar surface area (TPSA) is 41.1 Å². The lowest BCUT2D eigenvalue weighted by Gasteiger charge is -2.09. The van der Waals surface area contributed by atoms with E-state index in [-0.39, 0.29) is 23.7 Å². The van der Waals surface area contributed by atoms with Crippen LogP contribution in [0.2, 0.25) is 0 Å². The van der Waals surface area contributed by atoms with E-state index in [0.717, 1.165) is 18.6 Å². The molecule has 5 heteroatoms. The molecule has 0 aliphatic rings. The normalized spacial score (nSPS) is 10.1. The second kappa shape index (κ2) is 6.18. The zero-order valence-corrected chi connectivity index (χ0v) is 9.94. The van der Waals surface area contributed by atoms with Gasteiger partial charge in [-0.15, -0.1) is 0 Å². The monoisotopic (exact) mass is 242 g/mol. The second-order valence-corrected chi connectivity index (χ2v) is 3.78. The SMILES string of the molecule is CCCNC(=O)CNc1cc(F)c(C)cc1F. The molecule has 0 heterocycles. The molecular formula is C12H16F2N2O. The summed E-state index contributed by atoms with van der Waals surface area (Å²) >= 11 is 0. The maximum absolute atomic E-state index is 13.4. The van der Waals surface area contributed by atoms with E-state index in [9.17, 15) is 13.6 Å². The molecule has 94 valence electrons. The van der Waals surface area contributed by atoms with Gasteiger partial charge in [-0.05, 0) is 25.0 Å². The van der Waals surface area contributed by atoms with E-state index in [1.807, 2.05) is 6.92 Å². The number of carbonyl (C=O) groups excluding carboxylic acids is 1. The minimum Gasteiger partial charge on any atom is -0.374 e. The standard InChI is InChI=1S/C12H16F2N2O/c1-3-4-15-12(17)7-16-11-6-9(13)8(2)5-10(11)14/h5-6,16H,3-4,7H2,1-2H3,(H,15,17). The number of hydrogen-bond acceptors (Lipinski definition) is 2. The van der Waals surface area contributed by atoms with Crippen LogP contribution in [0.1, 0.15) is 18.9 Å². The van der Waals surface area contributed by atoms with Gasteiger partial charge >= 0.3 is 0 Å². The van der Waals surface area contributed by atoms with Gasteiger partial charge in [0.05, 0.1) is 12.2 Å². The number of anilines is 1. The molecule has 0 saturated heterocycles. The van der Waals surface area contributed by atoms with Gasteiger partial charge in [0, 0.05) is 12.6 Å². The summed E-state index contributed by atoms with van der Waals surface area (Å²) < 4.78 is 26.6. The van der Waals surface area contributed by atoms with Crippen molar-refractivity contribution in [1.82, 2.24) is 5.32 Å². The molecule has 0 fully saturated rings. The number of amides is 1. The number of carbonyl (C=O) groups is 1. The first-order valence-electron chi connectivity index (χ1n) is 5.50. The molecule has 1 aromatic carbocycles. The lowest BCUT2D eigenvalue weighted by Crippen LogP contribution is -2.30. The molecule has 0 bridgehead atoms. The molecule has 0 aliphatic heterocycles. The zero-order valence-electron chi connectivity index (χ0n) is 9.94. The number of halogens is 2. The molecule has 1 aromatic rings. The Morgan fingerprint density at radius 2 is 2.00 bits per heavy atom. The van der Waals surface area contributed by atoms with Gasteiger partial charge in [-0.2, -0.15) is 0 Å². The summed E-state index contributed by atoms with van der Waals surface area (Å²) in [5.41, 5.74) is 0.239. The van der Waals surface area contributed by atoms with Crippen LogP contribution in [-0.4, -0.2) is 19.0 Å². The lowest BCUT2D eigenvalue weighted by atomic mass is 10.2. The van der Waals surface area contributed by atoms with Gasteiger partial charge in [-0.1, -0.05) is 6.92 Å². The van der Waals surface area contributed by atoms with Gasteiger partial charge in [0.25, 0.3) is 0 Å². The Balaban J connectivity index is 2.57. The van der Waals surface area contributed by atoms with Crippen molar-refractivity contribution in [2.75, 3.05) is 18.4 Å². The summed E-state index contributed by atoms with van der Waals surface area (Å²) in [6.07, 6.45) is 0.833. The maximum atomic E-state index is 13.4. The Bertz CT molecular complexity index is 408. The quantitative estimate of drug-likeness (QED) is 0.831. The summed E-state index contributed by atoms with van der Waals surface area (Å²) in [7, 11) is 0. The summed E-state index contributed by atoms with van der Waals surface area (Å²) in [5.74, 6) is -1.30. The smallest absolute Gasteiger partial charge is 0.239 e. The number of rotatable bonds is 5. The van der Waals surface area contributed by atoms with Crippen LogP contribution in [0.4, 0.5) is 14.5 Å². The van der Waals surface area contributed by atoms with Gasteiger partial charge < -0.3 is 10.6 Å². The third-order valence-corrected chi connectivity index (χ3v) is 2.26. The summed E-state index contributed by atoms with van der Waals surface area (Å²) in [4.78, 5) is 11.2. The average molecular weight is 242 g/mol. The van der Waals surface area contributed by atoms with Crippen molar-refractivity contribution in [2.45, 2.75) is 20.3 Å². The van der Waals surface area contributed by atoms with Crippen molar-refractivity contribution in [3.8, 4) is 0 Å². The molecule has 17 heavy (non-hydrogen) atoms. The van der Waals surface area contributed by atoms with E-state index < -0.39 is 11.6 Å². The van der Waals surface area contributed by atoms with Crippen LogP contribution < -0.4 is 10.6 Å². The van der Waals surface area contributed by atoms with E-state index in [1.54, 1.807) is 0 Å². The van der Waals surface area contributed by atoms with Gasteiger partial charge in [0.1, 0.15) is 11.6 Å². The third kappa shape index (κ3) is 4.01. The second-order valence-electron chi connectivity index (χ2n) is 3.78. The number of hydrogen-bond donors (Lipinski definition) is 2. The van der Waals surface area contributed by atoms with E-state index >= 15 is 0 Å². The Kier molecular flexibility index (Phi) is 4.87. The van der Waals surface area contributed by atoms with Crippen molar-refractivity contribution in [3.63, 3.8) is 0 Å². The van der Waals surface area contributed by atoms with E-state index in [2.05, 4.69) is 10.6 Å². The van der Waals surface area contributed by atoms with Crippen LogP contribution in [-0.2, 0) is 4.79 Å². The van der Waals surface area contributed by atoms with Crippen LogP contribution in [0.25, 0.3) is 0 Å². The fourth-order valence-electron chi connectivity index (χ4n) is 1.28. The van der Waals surface area contributed by atoms with E-state index in [0.29, 0.717) is 6.54 Å². The highest BCUT2D eigenvalue weighted by Gasteiger charge is 2.08. The minimum absolute atomic E-state index is 0.000233. The largest absolute Gasteiger partial charge is 0.374 e. The predicted octanol–water partition coefficient (Wildman–Crippen LogP) is 2.21. The van der Waals surface area contributed by atoms with Crippen molar-refractivity contribution >= 4 is 11.6 Å². The molecule has 0 atom stereocenters. The van der Waals surface area contributed by atoms with E-state index in [1.165, 1.54) is 6.92 Å². The minimum atomic E-state index is -0.563. The highest BCUT2D eigenvalue weighted by atomic mass is 19.1. The Hall–Kier alpha value is -1.65. The van der Waals surface area contributed by atoms with Crippen molar-refractivity contribution in [3.05, 3.63) is 29.3 Å². The Morgan fingerprint density at radius 1 is 1.29 bits per heavy atom. The number of nitrogens with one attached hydrogen (secondary N) is 2. The fraction of sp³-hybridized carbons (Fsp3) is 0.417. The highest BCUT2D eigenvalue weighted by molar-refractivity contribution is 5.80. The first-order chi connectivity index (χ1) is 8.04. The van der Waals surface area contributed by atoms with Crippen LogP contribution in [0, 0.1) is 18.6 Å². The molecule has 1 amide bonds. The fourth-order valence-corrected chi connectivity index (χ4v) is 1.28. The molecule has 1 rings (SSSR count). The molecule has 0 spiro atoms. The third-order valence-electron chi connectivity index (χ3n) is 2.26. The molecule has 0 radical (unpaired) electrons. The average Bonchev–Trinajstić information content (AvgIpc) is 2.29. The number of benzene rings is 1. The number of aryl methyl sites for hydroxylation is 1. The molecule has 2 N–H and O–H groups in total. The predicted molar refractivity (Wildman–Crippen MR) is 62.9 cm³/mol. The highest BCUT2D eigenvalue weighted by Crippen LogP contribution is 2.18. The summed E-state index contributed by atoms with van der Waals surface area (Å²) in [5, 5.41) is 5.19. The first-order valence-corrected chi connectivity index (χ1v) is 5.50. The van der Waals surface area contributed by atoms with Crippen LogP contribution in [0.5, 0.6) is 0 Å². The first kappa shape index (κ1) is 13.4. The van der Waals surface area contributed by atoms with Gasteiger partial charge in [-0.3, -0.25) is 4.79 Å². The van der Waals surface area contributed by atoms with Gasteiger partial charge in [0.15, 0.2) is 0 Å². The Labute approximate surface area is 99.2 Å². The van der Waals surface area contributed by atoms with Crippen molar-refractivity contribution < 1.29 is 13.6 Å². The summed E-state index contributed by atoms with van der Waals surface area (Å²) in [6, 6.07) is 2.15. The summed E-state index contributed by atoms with van der Waals surface area (Å²) in [6.45, 7) is 3.92. The maximum Gasteiger partial charge on any atom is 0.239 e. The molecular weight excluding hydrogens is 226 g/mol. The van der Waals surface area contributed by atoms with Gasteiger partial charge in [-0.25, -0.2) is 8.78 Å². The molecule has 0 aromatic heterocycles. The van der Waals surface area contributed by atoms with Crippen LogP contribution in [0.15, 0.2) is 12.1 Å². The van der Waals surface area contributed by atoms with E-state index in [4.69, 9.17) is 0 Å². The van der Waals surface area contributed by atoms with Crippen LogP contribution in [0.3, 0.4) is 0 Å². The molecule has 3 nitrogen and oxygen atoms in total. The van der Waals surface area contributed by atoms with Crippen molar-refractivity contribution in [1.29, 1.82) is 0 Å². The molecule has 0 saturated carbocycles.